The number of benzene rings is 1. The Labute approximate surface area is 139 Å². The van der Waals surface area contributed by atoms with Crippen molar-refractivity contribution in [2.45, 2.75) is 51.2 Å². The molecule has 4 heteroatoms. The van der Waals surface area contributed by atoms with Crippen molar-refractivity contribution in [3.63, 3.8) is 0 Å². The van der Waals surface area contributed by atoms with Crippen LogP contribution >= 0.6 is 0 Å². The van der Waals surface area contributed by atoms with E-state index < -0.39 is 0 Å². The smallest absolute Gasteiger partial charge is 0.251 e. The maximum Gasteiger partial charge on any atom is 0.251 e. The third kappa shape index (κ3) is 5.05. The van der Waals surface area contributed by atoms with Crippen molar-refractivity contribution in [3.05, 3.63) is 35.4 Å². The summed E-state index contributed by atoms with van der Waals surface area (Å²) in [6, 6.07) is 8.06. The van der Waals surface area contributed by atoms with Crippen molar-refractivity contribution in [1.82, 2.24) is 10.2 Å². The first kappa shape index (κ1) is 16.5. The molecule has 4 nitrogen and oxygen atoms in total. The fourth-order valence-electron chi connectivity index (χ4n) is 3.43. The summed E-state index contributed by atoms with van der Waals surface area (Å²) in [6.07, 6.45) is 7.69. The van der Waals surface area contributed by atoms with Crippen LogP contribution in [0.4, 0.5) is 0 Å². The summed E-state index contributed by atoms with van der Waals surface area (Å²) in [5.74, 6) is 0.00169. The predicted molar refractivity (Wildman–Crippen MR) is 91.5 cm³/mol. The monoisotopic (exact) mass is 316 g/mol. The number of nitrogens with one attached hydrogen (secondary N) is 1. The first-order valence-corrected chi connectivity index (χ1v) is 9.02. The zero-order chi connectivity index (χ0) is 15.9. The average molecular weight is 316 g/mol. The zero-order valence-electron chi connectivity index (χ0n) is 13.9. The molecular weight excluding hydrogens is 288 g/mol. The molecule has 0 spiro atoms. The second kappa shape index (κ2) is 8.46. The van der Waals surface area contributed by atoms with Gasteiger partial charge in [0.05, 0.1) is 6.10 Å². The van der Waals surface area contributed by atoms with E-state index in [1.807, 2.05) is 12.1 Å². The standard InChI is InChI=1S/C19H28N2O2/c22-19(20-14-18-6-5-13-23-18)17-9-7-16(8-10-17)15-21-11-3-1-2-4-12-21/h7-10,18H,1-6,11-15H2,(H,20,22). The summed E-state index contributed by atoms with van der Waals surface area (Å²) in [5, 5.41) is 2.98. The minimum Gasteiger partial charge on any atom is -0.376 e. The molecule has 2 aliphatic heterocycles. The SMILES string of the molecule is O=C(NCC1CCCO1)c1ccc(CN2CCCCCC2)cc1. The van der Waals surface area contributed by atoms with Gasteiger partial charge in [0.25, 0.3) is 5.91 Å². The van der Waals surface area contributed by atoms with Gasteiger partial charge in [0.1, 0.15) is 0 Å². The number of carbonyl (C=O) groups excluding carboxylic acids is 1. The Morgan fingerprint density at radius 1 is 1.09 bits per heavy atom. The molecule has 2 saturated heterocycles. The van der Waals surface area contributed by atoms with Crippen molar-refractivity contribution < 1.29 is 9.53 Å². The van der Waals surface area contributed by atoms with Crippen molar-refractivity contribution in [2.75, 3.05) is 26.2 Å². The van der Waals surface area contributed by atoms with E-state index in [4.69, 9.17) is 4.74 Å². The molecule has 1 N–H and O–H groups in total. The van der Waals surface area contributed by atoms with Crippen LogP contribution in [0.1, 0.15) is 54.4 Å². The van der Waals surface area contributed by atoms with E-state index >= 15 is 0 Å². The first-order chi connectivity index (χ1) is 11.3. The molecule has 0 aliphatic carbocycles. The average Bonchev–Trinajstić information content (AvgIpc) is 2.97. The Bertz CT molecular complexity index is 487. The van der Waals surface area contributed by atoms with Gasteiger partial charge in [0, 0.05) is 25.3 Å². The normalized spacial score (nSPS) is 22.7. The molecule has 3 rings (SSSR count). The Balaban J connectivity index is 1.48. The lowest BCUT2D eigenvalue weighted by Crippen LogP contribution is -2.31. The molecule has 0 saturated carbocycles. The highest BCUT2D eigenvalue weighted by Gasteiger charge is 2.16. The van der Waals surface area contributed by atoms with E-state index in [2.05, 4.69) is 22.3 Å². The highest BCUT2D eigenvalue weighted by Crippen LogP contribution is 2.14. The number of ether oxygens (including phenoxy) is 1. The van der Waals surface area contributed by atoms with Crippen LogP contribution in [0.25, 0.3) is 0 Å². The molecule has 2 aliphatic rings. The number of likely N-dealkylation sites (tertiary alicyclic amines) is 1. The van der Waals surface area contributed by atoms with Crippen molar-refractivity contribution >= 4 is 5.91 Å². The quantitative estimate of drug-likeness (QED) is 0.908. The number of amides is 1. The van der Waals surface area contributed by atoms with Crippen LogP contribution in [0.3, 0.4) is 0 Å². The summed E-state index contributed by atoms with van der Waals surface area (Å²) in [4.78, 5) is 14.7. The van der Waals surface area contributed by atoms with Crippen LogP contribution in [0, 0.1) is 0 Å². The molecule has 2 fully saturated rings. The largest absolute Gasteiger partial charge is 0.376 e. The van der Waals surface area contributed by atoms with Gasteiger partial charge in [-0.05, 0) is 56.5 Å². The Hall–Kier alpha value is -1.39. The van der Waals surface area contributed by atoms with Gasteiger partial charge in [0.2, 0.25) is 0 Å². The maximum absolute atomic E-state index is 12.2. The molecule has 1 aromatic carbocycles. The van der Waals surface area contributed by atoms with Gasteiger partial charge in [-0.3, -0.25) is 9.69 Å². The van der Waals surface area contributed by atoms with Crippen LogP contribution in [-0.2, 0) is 11.3 Å². The third-order valence-electron chi connectivity index (χ3n) is 4.84. The highest BCUT2D eigenvalue weighted by molar-refractivity contribution is 5.94. The summed E-state index contributed by atoms with van der Waals surface area (Å²) in [7, 11) is 0. The molecular formula is C19H28N2O2. The molecule has 0 radical (unpaired) electrons. The molecule has 0 bridgehead atoms. The van der Waals surface area contributed by atoms with E-state index in [0.29, 0.717) is 6.54 Å². The van der Waals surface area contributed by atoms with Gasteiger partial charge >= 0.3 is 0 Å². The van der Waals surface area contributed by atoms with Crippen LogP contribution in [0.15, 0.2) is 24.3 Å². The second-order valence-electron chi connectivity index (χ2n) is 6.73. The van der Waals surface area contributed by atoms with E-state index in [0.717, 1.165) is 31.6 Å². The lowest BCUT2D eigenvalue weighted by molar-refractivity contribution is 0.0858. The van der Waals surface area contributed by atoms with Crippen LogP contribution < -0.4 is 5.32 Å². The first-order valence-electron chi connectivity index (χ1n) is 9.02. The number of rotatable bonds is 5. The van der Waals surface area contributed by atoms with Gasteiger partial charge in [-0.15, -0.1) is 0 Å². The van der Waals surface area contributed by atoms with E-state index in [9.17, 15) is 4.79 Å². The van der Waals surface area contributed by atoms with Crippen molar-refractivity contribution in [1.29, 1.82) is 0 Å². The Morgan fingerprint density at radius 3 is 2.48 bits per heavy atom. The molecule has 1 amide bonds. The van der Waals surface area contributed by atoms with Crippen LogP contribution in [-0.4, -0.2) is 43.2 Å². The lowest BCUT2D eigenvalue weighted by Gasteiger charge is -2.19. The minimum atomic E-state index is 0.00169. The highest BCUT2D eigenvalue weighted by atomic mass is 16.5. The van der Waals surface area contributed by atoms with Gasteiger partial charge in [0.15, 0.2) is 0 Å². The van der Waals surface area contributed by atoms with E-state index in [1.165, 1.54) is 44.3 Å². The van der Waals surface area contributed by atoms with Crippen LogP contribution in [0.5, 0.6) is 0 Å². The van der Waals surface area contributed by atoms with Crippen LogP contribution in [0.2, 0.25) is 0 Å². The molecule has 1 atom stereocenters. The number of hydrogen-bond acceptors (Lipinski definition) is 3. The fraction of sp³-hybridized carbons (Fsp3) is 0.632. The second-order valence-corrected chi connectivity index (χ2v) is 6.73. The molecule has 23 heavy (non-hydrogen) atoms. The fourth-order valence-corrected chi connectivity index (χ4v) is 3.43. The molecule has 126 valence electrons. The van der Waals surface area contributed by atoms with Gasteiger partial charge < -0.3 is 10.1 Å². The number of nitrogens with zero attached hydrogens (tertiary/aromatic N) is 1. The predicted octanol–water partition coefficient (Wildman–Crippen LogP) is 2.97. The lowest BCUT2D eigenvalue weighted by atomic mass is 10.1. The number of hydrogen-bond donors (Lipinski definition) is 1. The third-order valence-corrected chi connectivity index (χ3v) is 4.84. The summed E-state index contributed by atoms with van der Waals surface area (Å²) < 4.78 is 5.53. The Kier molecular flexibility index (Phi) is 6.06. The zero-order valence-corrected chi connectivity index (χ0v) is 13.9. The molecule has 2 heterocycles. The maximum atomic E-state index is 12.2. The van der Waals surface area contributed by atoms with Gasteiger partial charge in [-0.25, -0.2) is 0 Å². The van der Waals surface area contributed by atoms with Crippen molar-refractivity contribution in [3.8, 4) is 0 Å². The summed E-state index contributed by atoms with van der Waals surface area (Å²) in [5.41, 5.74) is 2.03. The van der Waals surface area contributed by atoms with E-state index in [1.54, 1.807) is 0 Å². The summed E-state index contributed by atoms with van der Waals surface area (Å²) in [6.45, 7) is 4.84. The Morgan fingerprint density at radius 2 is 1.83 bits per heavy atom. The minimum absolute atomic E-state index is 0.00169. The van der Waals surface area contributed by atoms with Crippen molar-refractivity contribution in [2.24, 2.45) is 0 Å². The molecule has 1 aromatic rings. The van der Waals surface area contributed by atoms with E-state index in [-0.39, 0.29) is 12.0 Å². The topological polar surface area (TPSA) is 41.6 Å². The van der Waals surface area contributed by atoms with Gasteiger partial charge in [-0.1, -0.05) is 25.0 Å². The number of carbonyl (C=O) groups is 1. The molecule has 0 aromatic heterocycles. The summed E-state index contributed by atoms with van der Waals surface area (Å²) >= 11 is 0. The van der Waals surface area contributed by atoms with Gasteiger partial charge in [-0.2, -0.15) is 0 Å². The molecule has 1 unspecified atom stereocenters.